The quantitative estimate of drug-likeness (QED) is 0.794. The summed E-state index contributed by atoms with van der Waals surface area (Å²) in [5.41, 5.74) is 2.29. The van der Waals surface area contributed by atoms with Crippen LogP contribution in [0, 0.1) is 5.82 Å². The lowest BCUT2D eigenvalue weighted by molar-refractivity contribution is 0.621. The average molecular weight is 308 g/mol. The summed E-state index contributed by atoms with van der Waals surface area (Å²) in [6.07, 6.45) is 2.11. The third-order valence-electron chi connectivity index (χ3n) is 2.73. The van der Waals surface area contributed by atoms with Gasteiger partial charge in [0.2, 0.25) is 0 Å². The Hall–Kier alpha value is -1.35. The summed E-state index contributed by atoms with van der Waals surface area (Å²) in [4.78, 5) is 0. The molecular weight excluding hydrogens is 293 g/mol. The van der Waals surface area contributed by atoms with Gasteiger partial charge < -0.3 is 5.32 Å². The van der Waals surface area contributed by atoms with E-state index in [0.29, 0.717) is 4.47 Å². The van der Waals surface area contributed by atoms with Gasteiger partial charge in [-0.2, -0.15) is 0 Å². The van der Waals surface area contributed by atoms with Gasteiger partial charge in [0.05, 0.1) is 4.47 Å². The zero-order valence-electron chi connectivity index (χ0n) is 10.00. The largest absolute Gasteiger partial charge is 0.385 e. The molecule has 0 fully saturated rings. The zero-order chi connectivity index (χ0) is 12.8. The van der Waals surface area contributed by atoms with Gasteiger partial charge in [0.15, 0.2) is 0 Å². The molecule has 0 aromatic heterocycles. The van der Waals surface area contributed by atoms with E-state index in [0.717, 1.165) is 25.1 Å². The molecule has 0 radical (unpaired) electrons. The lowest BCUT2D eigenvalue weighted by atomic mass is 10.1. The van der Waals surface area contributed by atoms with Crippen LogP contribution in [0.4, 0.5) is 10.1 Å². The van der Waals surface area contributed by atoms with Crippen molar-refractivity contribution in [2.75, 3.05) is 11.9 Å². The number of anilines is 1. The Balaban J connectivity index is 1.77. The Morgan fingerprint density at radius 2 is 1.83 bits per heavy atom. The summed E-state index contributed by atoms with van der Waals surface area (Å²) >= 11 is 3.18. The van der Waals surface area contributed by atoms with E-state index in [9.17, 15) is 4.39 Å². The second kappa shape index (κ2) is 6.55. The predicted molar refractivity (Wildman–Crippen MR) is 77.4 cm³/mol. The third kappa shape index (κ3) is 3.84. The molecule has 2 aromatic rings. The molecule has 0 atom stereocenters. The molecule has 0 spiro atoms. The van der Waals surface area contributed by atoms with E-state index in [-0.39, 0.29) is 5.82 Å². The van der Waals surface area contributed by atoms with Crippen LogP contribution in [0.25, 0.3) is 0 Å². The van der Waals surface area contributed by atoms with Crippen LogP contribution in [-0.2, 0) is 6.42 Å². The molecular formula is C15H15BrFN. The van der Waals surface area contributed by atoms with Gasteiger partial charge in [-0.3, -0.25) is 0 Å². The maximum Gasteiger partial charge on any atom is 0.137 e. The number of nitrogens with one attached hydrogen (secondary N) is 1. The first-order valence-electron chi connectivity index (χ1n) is 5.98. The SMILES string of the molecule is Fc1ccc(NCCCc2ccccc2)cc1Br. The first-order valence-corrected chi connectivity index (χ1v) is 6.78. The highest BCUT2D eigenvalue weighted by molar-refractivity contribution is 9.10. The van der Waals surface area contributed by atoms with Crippen molar-refractivity contribution in [2.24, 2.45) is 0 Å². The Morgan fingerprint density at radius 3 is 2.56 bits per heavy atom. The van der Waals surface area contributed by atoms with Gasteiger partial charge in [0, 0.05) is 12.2 Å². The lowest BCUT2D eigenvalue weighted by Crippen LogP contribution is -2.03. The number of rotatable bonds is 5. The number of aryl methyl sites for hydroxylation is 1. The summed E-state index contributed by atoms with van der Waals surface area (Å²) in [6, 6.07) is 15.4. The monoisotopic (exact) mass is 307 g/mol. The third-order valence-corrected chi connectivity index (χ3v) is 3.34. The van der Waals surface area contributed by atoms with Crippen LogP contribution < -0.4 is 5.32 Å². The molecule has 1 nitrogen and oxygen atoms in total. The van der Waals surface area contributed by atoms with Gasteiger partial charge in [-0.1, -0.05) is 30.3 Å². The molecule has 2 aromatic carbocycles. The minimum Gasteiger partial charge on any atom is -0.385 e. The van der Waals surface area contributed by atoms with E-state index in [4.69, 9.17) is 0 Å². The number of hydrogen-bond donors (Lipinski definition) is 1. The zero-order valence-corrected chi connectivity index (χ0v) is 11.6. The summed E-state index contributed by atoms with van der Waals surface area (Å²) in [6.45, 7) is 0.882. The Kier molecular flexibility index (Phi) is 4.76. The van der Waals surface area contributed by atoms with Gasteiger partial charge in [0.25, 0.3) is 0 Å². The highest BCUT2D eigenvalue weighted by atomic mass is 79.9. The highest BCUT2D eigenvalue weighted by Gasteiger charge is 1.99. The first-order chi connectivity index (χ1) is 8.75. The molecule has 0 amide bonds. The minimum absolute atomic E-state index is 0.232. The van der Waals surface area contributed by atoms with Crippen LogP contribution in [0.5, 0.6) is 0 Å². The van der Waals surface area contributed by atoms with Crippen molar-refractivity contribution in [1.82, 2.24) is 0 Å². The number of hydrogen-bond acceptors (Lipinski definition) is 1. The van der Waals surface area contributed by atoms with Crippen LogP contribution in [0.2, 0.25) is 0 Å². The van der Waals surface area contributed by atoms with Gasteiger partial charge in [0.1, 0.15) is 5.82 Å². The van der Waals surface area contributed by atoms with Crippen molar-refractivity contribution in [3.63, 3.8) is 0 Å². The second-order valence-corrected chi connectivity index (χ2v) is 5.00. The maximum absolute atomic E-state index is 13.0. The standard InChI is InChI=1S/C15H15BrFN/c16-14-11-13(8-9-15(14)17)18-10-4-7-12-5-2-1-3-6-12/h1-3,5-6,8-9,11,18H,4,7,10H2. The number of halogens is 2. The Labute approximate surface area is 115 Å². The van der Waals surface area contributed by atoms with Crippen molar-refractivity contribution in [3.05, 3.63) is 64.4 Å². The molecule has 0 bridgehead atoms. The molecule has 2 rings (SSSR count). The molecule has 0 aliphatic rings. The van der Waals surface area contributed by atoms with Crippen molar-refractivity contribution >= 4 is 21.6 Å². The van der Waals surface area contributed by atoms with Crippen LogP contribution in [-0.4, -0.2) is 6.54 Å². The van der Waals surface area contributed by atoms with Crippen molar-refractivity contribution in [1.29, 1.82) is 0 Å². The molecule has 0 saturated heterocycles. The fourth-order valence-corrected chi connectivity index (χ4v) is 2.15. The van der Waals surface area contributed by atoms with Crippen LogP contribution in [0.3, 0.4) is 0 Å². The summed E-state index contributed by atoms with van der Waals surface area (Å²) in [5.74, 6) is -0.232. The normalized spacial score (nSPS) is 10.3. The van der Waals surface area contributed by atoms with E-state index < -0.39 is 0 Å². The average Bonchev–Trinajstić information content (AvgIpc) is 2.40. The molecule has 0 aliphatic carbocycles. The molecule has 94 valence electrons. The van der Waals surface area contributed by atoms with Crippen molar-refractivity contribution in [3.8, 4) is 0 Å². The van der Waals surface area contributed by atoms with E-state index in [1.54, 1.807) is 12.1 Å². The molecule has 0 aliphatic heterocycles. The second-order valence-electron chi connectivity index (χ2n) is 4.14. The fraction of sp³-hybridized carbons (Fsp3) is 0.200. The van der Waals surface area contributed by atoms with Gasteiger partial charge in [-0.25, -0.2) is 4.39 Å². The molecule has 0 heterocycles. The van der Waals surface area contributed by atoms with E-state index in [2.05, 4.69) is 45.5 Å². The first kappa shape index (κ1) is 13.1. The smallest absolute Gasteiger partial charge is 0.137 e. The summed E-state index contributed by atoms with van der Waals surface area (Å²) in [7, 11) is 0. The van der Waals surface area contributed by atoms with Gasteiger partial charge in [-0.15, -0.1) is 0 Å². The maximum atomic E-state index is 13.0. The highest BCUT2D eigenvalue weighted by Crippen LogP contribution is 2.19. The van der Waals surface area contributed by atoms with E-state index in [1.807, 2.05) is 6.07 Å². The van der Waals surface area contributed by atoms with E-state index >= 15 is 0 Å². The van der Waals surface area contributed by atoms with Crippen LogP contribution in [0.1, 0.15) is 12.0 Å². The van der Waals surface area contributed by atoms with Crippen molar-refractivity contribution < 1.29 is 4.39 Å². The topological polar surface area (TPSA) is 12.0 Å². The lowest BCUT2D eigenvalue weighted by Gasteiger charge is -2.07. The van der Waals surface area contributed by atoms with Crippen molar-refractivity contribution in [2.45, 2.75) is 12.8 Å². The van der Waals surface area contributed by atoms with Crippen LogP contribution in [0.15, 0.2) is 53.0 Å². The Bertz CT molecular complexity index is 499. The van der Waals surface area contributed by atoms with Crippen LogP contribution >= 0.6 is 15.9 Å². The Morgan fingerprint density at radius 1 is 1.06 bits per heavy atom. The molecule has 0 saturated carbocycles. The van der Waals surface area contributed by atoms with E-state index in [1.165, 1.54) is 11.6 Å². The molecule has 3 heteroatoms. The molecule has 1 N–H and O–H groups in total. The summed E-state index contributed by atoms with van der Waals surface area (Å²) < 4.78 is 13.5. The van der Waals surface area contributed by atoms with Gasteiger partial charge >= 0.3 is 0 Å². The molecule has 18 heavy (non-hydrogen) atoms. The predicted octanol–water partition coefficient (Wildman–Crippen LogP) is 4.63. The number of benzene rings is 2. The summed E-state index contributed by atoms with van der Waals surface area (Å²) in [5, 5.41) is 3.29. The molecule has 0 unspecified atom stereocenters. The minimum atomic E-state index is -0.232. The fourth-order valence-electron chi connectivity index (χ4n) is 1.78. The van der Waals surface area contributed by atoms with Gasteiger partial charge in [-0.05, 0) is 52.5 Å².